The van der Waals surface area contributed by atoms with Crippen LogP contribution in [0.4, 0.5) is 5.69 Å². The van der Waals surface area contributed by atoms with Crippen molar-refractivity contribution in [1.82, 2.24) is 5.32 Å². The number of hydrogen-bond acceptors (Lipinski definition) is 3. The quantitative estimate of drug-likeness (QED) is 0.419. The SMILES string of the molecule is N#CNC(=O)CCc1ccccc1N. The molecular weight excluding hydrogens is 178 g/mol. The fourth-order valence-corrected chi connectivity index (χ4v) is 1.13. The number of nitrogens with zero attached hydrogens (tertiary/aromatic N) is 1. The summed E-state index contributed by atoms with van der Waals surface area (Å²) in [5, 5.41) is 10.2. The summed E-state index contributed by atoms with van der Waals surface area (Å²) in [6.07, 6.45) is 2.42. The molecule has 0 aliphatic carbocycles. The van der Waals surface area contributed by atoms with E-state index in [-0.39, 0.29) is 12.3 Å². The number of carbonyl (C=O) groups excluding carboxylic acids is 1. The molecule has 1 amide bonds. The molecular formula is C10H11N3O. The molecule has 0 bridgehead atoms. The average molecular weight is 189 g/mol. The van der Waals surface area contributed by atoms with E-state index < -0.39 is 0 Å². The summed E-state index contributed by atoms with van der Waals surface area (Å²) in [4.78, 5) is 11.0. The first-order valence-corrected chi connectivity index (χ1v) is 4.25. The number of nitrogens with two attached hydrogens (primary N) is 1. The Balaban J connectivity index is 2.51. The van der Waals surface area contributed by atoms with Crippen LogP contribution in [-0.4, -0.2) is 5.91 Å². The Morgan fingerprint density at radius 2 is 2.21 bits per heavy atom. The van der Waals surface area contributed by atoms with Gasteiger partial charge in [-0.1, -0.05) is 18.2 Å². The molecule has 0 spiro atoms. The van der Waals surface area contributed by atoms with Crippen LogP contribution in [0, 0.1) is 11.5 Å². The predicted molar refractivity (Wildman–Crippen MR) is 52.9 cm³/mol. The van der Waals surface area contributed by atoms with E-state index in [4.69, 9.17) is 11.0 Å². The van der Waals surface area contributed by atoms with Crippen molar-refractivity contribution in [1.29, 1.82) is 5.26 Å². The van der Waals surface area contributed by atoms with Gasteiger partial charge in [-0.3, -0.25) is 10.1 Å². The number of para-hydroxylation sites is 1. The first-order valence-electron chi connectivity index (χ1n) is 4.25. The molecule has 4 heteroatoms. The lowest BCUT2D eigenvalue weighted by Crippen LogP contribution is -2.17. The molecule has 0 saturated carbocycles. The van der Waals surface area contributed by atoms with Crippen LogP contribution in [0.5, 0.6) is 0 Å². The molecule has 0 atom stereocenters. The predicted octanol–water partition coefficient (Wildman–Crippen LogP) is 0.799. The van der Waals surface area contributed by atoms with Crippen molar-refractivity contribution in [3.63, 3.8) is 0 Å². The standard InChI is InChI=1S/C10H11N3O/c11-7-13-10(14)6-5-8-3-1-2-4-9(8)12/h1-4H,5-6,12H2,(H,13,14). The Morgan fingerprint density at radius 1 is 1.50 bits per heavy atom. The minimum Gasteiger partial charge on any atom is -0.399 e. The molecule has 14 heavy (non-hydrogen) atoms. The average Bonchev–Trinajstić information content (AvgIpc) is 2.17. The largest absolute Gasteiger partial charge is 0.399 e. The summed E-state index contributed by atoms with van der Waals surface area (Å²) in [6, 6.07) is 7.37. The van der Waals surface area contributed by atoms with Gasteiger partial charge in [-0.2, -0.15) is 5.26 Å². The first kappa shape index (κ1) is 10.1. The van der Waals surface area contributed by atoms with E-state index >= 15 is 0 Å². The zero-order valence-electron chi connectivity index (χ0n) is 7.66. The highest BCUT2D eigenvalue weighted by molar-refractivity contribution is 5.77. The lowest BCUT2D eigenvalue weighted by atomic mass is 10.1. The molecule has 3 N–H and O–H groups in total. The van der Waals surface area contributed by atoms with Gasteiger partial charge < -0.3 is 5.73 Å². The lowest BCUT2D eigenvalue weighted by molar-refractivity contribution is -0.119. The van der Waals surface area contributed by atoms with Crippen LogP contribution >= 0.6 is 0 Å². The molecule has 0 radical (unpaired) electrons. The molecule has 72 valence electrons. The number of aryl methyl sites for hydroxylation is 1. The maximum Gasteiger partial charge on any atom is 0.233 e. The fraction of sp³-hybridized carbons (Fsp3) is 0.200. The molecule has 0 aliphatic heterocycles. The Morgan fingerprint density at radius 3 is 2.86 bits per heavy atom. The third-order valence-corrected chi connectivity index (χ3v) is 1.87. The molecule has 0 unspecified atom stereocenters. The van der Waals surface area contributed by atoms with Crippen LogP contribution < -0.4 is 11.1 Å². The number of amides is 1. The Labute approximate surface area is 82.3 Å². The van der Waals surface area contributed by atoms with Crippen molar-refractivity contribution < 1.29 is 4.79 Å². The number of nitrogens with one attached hydrogen (secondary N) is 1. The van der Waals surface area contributed by atoms with E-state index in [1.54, 1.807) is 12.3 Å². The van der Waals surface area contributed by atoms with Gasteiger partial charge in [0.15, 0.2) is 6.19 Å². The third-order valence-electron chi connectivity index (χ3n) is 1.87. The Kier molecular flexibility index (Phi) is 3.50. The fourth-order valence-electron chi connectivity index (χ4n) is 1.13. The third kappa shape index (κ3) is 2.79. The molecule has 1 aromatic rings. The number of hydrogen-bond donors (Lipinski definition) is 2. The zero-order chi connectivity index (χ0) is 10.4. The van der Waals surface area contributed by atoms with Gasteiger partial charge in [0, 0.05) is 12.1 Å². The number of nitriles is 1. The number of anilines is 1. The van der Waals surface area contributed by atoms with Gasteiger partial charge in [-0.25, -0.2) is 0 Å². The molecule has 0 heterocycles. The van der Waals surface area contributed by atoms with Crippen LogP contribution in [0.1, 0.15) is 12.0 Å². The van der Waals surface area contributed by atoms with E-state index in [0.717, 1.165) is 5.56 Å². The molecule has 1 rings (SSSR count). The Hall–Kier alpha value is -2.02. The van der Waals surface area contributed by atoms with Crippen LogP contribution in [-0.2, 0) is 11.2 Å². The number of nitrogen functional groups attached to an aromatic ring is 1. The van der Waals surface area contributed by atoms with Crippen LogP contribution in [0.25, 0.3) is 0 Å². The molecule has 0 fully saturated rings. The van der Waals surface area contributed by atoms with Gasteiger partial charge >= 0.3 is 0 Å². The lowest BCUT2D eigenvalue weighted by Gasteiger charge is -2.03. The minimum atomic E-state index is -0.282. The summed E-state index contributed by atoms with van der Waals surface area (Å²) in [5.74, 6) is -0.282. The van der Waals surface area contributed by atoms with Crippen LogP contribution in [0.15, 0.2) is 24.3 Å². The van der Waals surface area contributed by atoms with E-state index in [1.807, 2.05) is 18.2 Å². The van der Waals surface area contributed by atoms with Crippen LogP contribution in [0.2, 0.25) is 0 Å². The van der Waals surface area contributed by atoms with Crippen molar-refractivity contribution in [2.24, 2.45) is 0 Å². The van der Waals surface area contributed by atoms with Gasteiger partial charge in [0.2, 0.25) is 5.91 Å². The van der Waals surface area contributed by atoms with Gasteiger partial charge in [0.25, 0.3) is 0 Å². The topological polar surface area (TPSA) is 78.9 Å². The van der Waals surface area contributed by atoms with Gasteiger partial charge in [-0.05, 0) is 18.1 Å². The van der Waals surface area contributed by atoms with E-state index in [0.29, 0.717) is 12.1 Å². The highest BCUT2D eigenvalue weighted by Gasteiger charge is 2.02. The number of benzene rings is 1. The second-order valence-corrected chi connectivity index (χ2v) is 2.86. The number of rotatable bonds is 3. The van der Waals surface area contributed by atoms with Gasteiger partial charge in [0.1, 0.15) is 0 Å². The summed E-state index contributed by atoms with van der Waals surface area (Å²) in [7, 11) is 0. The van der Waals surface area contributed by atoms with Crippen molar-refractivity contribution in [2.45, 2.75) is 12.8 Å². The Bertz CT molecular complexity index is 368. The van der Waals surface area contributed by atoms with Crippen molar-refractivity contribution in [3.8, 4) is 6.19 Å². The van der Waals surface area contributed by atoms with Crippen LogP contribution in [0.3, 0.4) is 0 Å². The van der Waals surface area contributed by atoms with Crippen molar-refractivity contribution in [2.75, 3.05) is 5.73 Å². The van der Waals surface area contributed by atoms with Gasteiger partial charge in [-0.15, -0.1) is 0 Å². The van der Waals surface area contributed by atoms with Crippen molar-refractivity contribution >= 4 is 11.6 Å². The molecule has 0 aromatic heterocycles. The normalized spacial score (nSPS) is 9.07. The van der Waals surface area contributed by atoms with E-state index in [9.17, 15) is 4.79 Å². The smallest absolute Gasteiger partial charge is 0.233 e. The second-order valence-electron chi connectivity index (χ2n) is 2.86. The van der Waals surface area contributed by atoms with E-state index in [1.165, 1.54) is 0 Å². The summed E-state index contributed by atoms with van der Waals surface area (Å²) >= 11 is 0. The zero-order valence-corrected chi connectivity index (χ0v) is 7.66. The first-order chi connectivity index (χ1) is 6.74. The maximum atomic E-state index is 11.0. The maximum absolute atomic E-state index is 11.0. The highest BCUT2D eigenvalue weighted by Crippen LogP contribution is 2.12. The summed E-state index contributed by atoms with van der Waals surface area (Å²) in [6.45, 7) is 0. The molecule has 0 saturated heterocycles. The molecule has 0 aliphatic rings. The number of carbonyl (C=O) groups is 1. The molecule has 1 aromatic carbocycles. The molecule has 4 nitrogen and oxygen atoms in total. The highest BCUT2D eigenvalue weighted by atomic mass is 16.1. The monoisotopic (exact) mass is 189 g/mol. The summed E-state index contributed by atoms with van der Waals surface area (Å²) < 4.78 is 0. The second kappa shape index (κ2) is 4.87. The van der Waals surface area contributed by atoms with E-state index in [2.05, 4.69) is 5.32 Å². The van der Waals surface area contributed by atoms with Gasteiger partial charge in [0.05, 0.1) is 0 Å². The van der Waals surface area contributed by atoms with Crippen molar-refractivity contribution in [3.05, 3.63) is 29.8 Å². The minimum absolute atomic E-state index is 0.280. The summed E-state index contributed by atoms with van der Waals surface area (Å²) in [5.41, 5.74) is 7.29.